The first-order valence-corrected chi connectivity index (χ1v) is 6.35. The third-order valence-corrected chi connectivity index (χ3v) is 3.75. The molecule has 0 radical (unpaired) electrons. The van der Waals surface area contributed by atoms with E-state index in [-0.39, 0.29) is 0 Å². The average Bonchev–Trinajstić information content (AvgIpc) is 2.32. The summed E-state index contributed by atoms with van der Waals surface area (Å²) in [6, 6.07) is 8.26. The van der Waals surface area contributed by atoms with E-state index < -0.39 is 0 Å². The lowest BCUT2D eigenvalue weighted by Gasteiger charge is -2.24. The summed E-state index contributed by atoms with van der Waals surface area (Å²) in [7, 11) is 0. The van der Waals surface area contributed by atoms with Gasteiger partial charge in [0.25, 0.3) is 0 Å². The van der Waals surface area contributed by atoms with Crippen LogP contribution in [0.4, 0.5) is 0 Å². The van der Waals surface area contributed by atoms with Gasteiger partial charge in [-0.2, -0.15) is 0 Å². The molecule has 1 unspecified atom stereocenters. The Bertz CT molecular complexity index is 592. The van der Waals surface area contributed by atoms with Gasteiger partial charge in [0.2, 0.25) is 0 Å². The molecule has 2 aliphatic rings. The van der Waals surface area contributed by atoms with E-state index in [9.17, 15) is 4.79 Å². The second-order valence-corrected chi connectivity index (χ2v) is 4.84. The fourth-order valence-electron chi connectivity index (χ4n) is 2.92. The number of benzene rings is 1. The zero-order valence-corrected chi connectivity index (χ0v) is 9.86. The number of rotatable bonds is 0. The van der Waals surface area contributed by atoms with Crippen molar-refractivity contribution in [3.8, 4) is 0 Å². The van der Waals surface area contributed by atoms with E-state index in [0.717, 1.165) is 36.5 Å². The Morgan fingerprint density at radius 1 is 1.18 bits per heavy atom. The van der Waals surface area contributed by atoms with E-state index >= 15 is 0 Å². The van der Waals surface area contributed by atoms with Gasteiger partial charge < -0.3 is 0 Å². The second-order valence-electron chi connectivity index (χ2n) is 4.84. The summed E-state index contributed by atoms with van der Waals surface area (Å²) in [4.78, 5) is 12.2. The van der Waals surface area contributed by atoms with Gasteiger partial charge in [-0.25, -0.2) is 0 Å². The zero-order valence-electron chi connectivity index (χ0n) is 9.86. The first-order chi connectivity index (χ1) is 8.36. The molecule has 1 fully saturated rings. The summed E-state index contributed by atoms with van der Waals surface area (Å²) >= 11 is 0. The predicted molar refractivity (Wildman–Crippen MR) is 69.7 cm³/mol. The lowest BCUT2D eigenvalue weighted by molar-refractivity contribution is -0.115. The fraction of sp³-hybridized carbons (Fsp3) is 0.312. The van der Waals surface area contributed by atoms with Crippen LogP contribution in [0.15, 0.2) is 36.4 Å². The molecule has 3 rings (SSSR count). The van der Waals surface area contributed by atoms with Crippen molar-refractivity contribution in [1.29, 1.82) is 0 Å². The lowest BCUT2D eigenvalue weighted by atomic mass is 9.79. The molecule has 86 valence electrons. The standard InChI is InChI=1S/C16H16O/c17-15-11-5-9-13-8-2-1-6-12-7-3-4-10-14(12)16(13)15/h1-4,6-7,10,13H,5,8-9,11H2. The smallest absolute Gasteiger partial charge is 0.159 e. The Kier molecular flexibility index (Phi) is 2.68. The van der Waals surface area contributed by atoms with Crippen LogP contribution in [-0.4, -0.2) is 5.78 Å². The number of hydrogen-bond donors (Lipinski definition) is 0. The Morgan fingerprint density at radius 2 is 2.06 bits per heavy atom. The van der Waals surface area contributed by atoms with E-state index in [1.165, 1.54) is 5.22 Å². The molecule has 2 aliphatic carbocycles. The second kappa shape index (κ2) is 4.33. The average molecular weight is 224 g/mol. The molecule has 0 heterocycles. The molecule has 0 N–H and O–H groups in total. The summed E-state index contributed by atoms with van der Waals surface area (Å²) in [5.74, 6) is 0.791. The summed E-state index contributed by atoms with van der Waals surface area (Å²) in [6.07, 6.45) is 10.4. The topological polar surface area (TPSA) is 17.1 Å². The highest BCUT2D eigenvalue weighted by molar-refractivity contribution is 6.16. The molecule has 1 aromatic rings. The first kappa shape index (κ1) is 10.5. The SMILES string of the molecule is O=C1CCCC2CC=CC=c3ccccc3=C12. The molecule has 0 bridgehead atoms. The molecule has 0 aliphatic heterocycles. The molecule has 1 heteroatoms. The summed E-state index contributed by atoms with van der Waals surface area (Å²) in [5.41, 5.74) is 1.08. The molecule has 1 nitrogen and oxygen atoms in total. The Morgan fingerprint density at radius 3 is 3.00 bits per heavy atom. The summed E-state index contributed by atoms with van der Waals surface area (Å²) < 4.78 is 0. The molecule has 17 heavy (non-hydrogen) atoms. The minimum absolute atomic E-state index is 0.359. The Hall–Kier alpha value is -1.63. The highest BCUT2D eigenvalue weighted by Gasteiger charge is 2.25. The summed E-state index contributed by atoms with van der Waals surface area (Å²) in [6.45, 7) is 0. The van der Waals surface area contributed by atoms with Crippen molar-refractivity contribution in [3.63, 3.8) is 0 Å². The van der Waals surface area contributed by atoms with Crippen LogP contribution in [-0.2, 0) is 4.79 Å². The van der Waals surface area contributed by atoms with Crippen LogP contribution in [0.5, 0.6) is 0 Å². The third-order valence-electron chi connectivity index (χ3n) is 3.75. The van der Waals surface area contributed by atoms with E-state index in [2.05, 4.69) is 30.4 Å². The first-order valence-electron chi connectivity index (χ1n) is 6.35. The highest BCUT2D eigenvalue weighted by Crippen LogP contribution is 2.30. The van der Waals surface area contributed by atoms with Crippen LogP contribution in [0.25, 0.3) is 11.6 Å². The van der Waals surface area contributed by atoms with Crippen LogP contribution >= 0.6 is 0 Å². The molecule has 1 saturated carbocycles. The normalized spacial score (nSPS) is 23.2. The van der Waals surface area contributed by atoms with E-state index in [1.54, 1.807) is 0 Å². The van der Waals surface area contributed by atoms with Crippen LogP contribution < -0.4 is 10.4 Å². The van der Waals surface area contributed by atoms with E-state index in [0.29, 0.717) is 11.7 Å². The third kappa shape index (κ3) is 1.86. The van der Waals surface area contributed by atoms with Crippen molar-refractivity contribution in [2.75, 3.05) is 0 Å². The Balaban J connectivity index is 2.36. The van der Waals surface area contributed by atoms with Crippen LogP contribution in [0.3, 0.4) is 0 Å². The van der Waals surface area contributed by atoms with Crippen LogP contribution in [0.2, 0.25) is 0 Å². The van der Waals surface area contributed by atoms with Crippen molar-refractivity contribution >= 4 is 17.4 Å². The number of carbonyl (C=O) groups excluding carboxylic acids is 1. The molecule has 0 aromatic heterocycles. The molecular weight excluding hydrogens is 208 g/mol. The van der Waals surface area contributed by atoms with Gasteiger partial charge in [0, 0.05) is 12.0 Å². The quantitative estimate of drug-likeness (QED) is 0.658. The molecule has 0 spiro atoms. The number of hydrogen-bond acceptors (Lipinski definition) is 1. The Labute approximate surface area is 101 Å². The number of allylic oxidation sites excluding steroid dienone is 2. The van der Waals surface area contributed by atoms with Crippen molar-refractivity contribution in [1.82, 2.24) is 0 Å². The van der Waals surface area contributed by atoms with Crippen molar-refractivity contribution < 1.29 is 4.79 Å². The fourth-order valence-corrected chi connectivity index (χ4v) is 2.92. The molecule has 1 atom stereocenters. The maximum absolute atomic E-state index is 12.2. The number of Topliss-reactive ketones (excluding diaryl/α,β-unsaturated/α-hetero) is 1. The van der Waals surface area contributed by atoms with Crippen LogP contribution in [0, 0.1) is 5.92 Å². The maximum atomic E-state index is 12.2. The predicted octanol–water partition coefficient (Wildman–Crippen LogP) is 1.95. The molecule has 0 saturated heterocycles. The van der Waals surface area contributed by atoms with Gasteiger partial charge in [0.15, 0.2) is 5.78 Å². The van der Waals surface area contributed by atoms with Gasteiger partial charge in [-0.1, -0.05) is 42.5 Å². The van der Waals surface area contributed by atoms with Gasteiger partial charge in [0.1, 0.15) is 0 Å². The van der Waals surface area contributed by atoms with Crippen LogP contribution in [0.1, 0.15) is 25.7 Å². The molecule has 1 aromatic carbocycles. The highest BCUT2D eigenvalue weighted by atomic mass is 16.1. The lowest BCUT2D eigenvalue weighted by Crippen LogP contribution is -2.34. The minimum Gasteiger partial charge on any atom is -0.295 e. The number of carbonyl (C=O) groups is 1. The van der Waals surface area contributed by atoms with Gasteiger partial charge in [0.05, 0.1) is 0 Å². The van der Waals surface area contributed by atoms with E-state index in [4.69, 9.17) is 0 Å². The number of ketones is 1. The molecular formula is C16H16O. The van der Waals surface area contributed by atoms with Gasteiger partial charge >= 0.3 is 0 Å². The van der Waals surface area contributed by atoms with Gasteiger partial charge in [-0.05, 0) is 35.6 Å². The van der Waals surface area contributed by atoms with E-state index in [1.807, 2.05) is 12.1 Å². The minimum atomic E-state index is 0.359. The maximum Gasteiger partial charge on any atom is 0.159 e. The van der Waals surface area contributed by atoms with Crippen molar-refractivity contribution in [3.05, 3.63) is 46.9 Å². The number of fused-ring (bicyclic) bond motifs is 2. The van der Waals surface area contributed by atoms with Crippen molar-refractivity contribution in [2.24, 2.45) is 5.92 Å². The summed E-state index contributed by atoms with van der Waals surface area (Å²) in [5, 5.41) is 2.34. The zero-order chi connectivity index (χ0) is 11.7. The van der Waals surface area contributed by atoms with Gasteiger partial charge in [-0.3, -0.25) is 4.79 Å². The van der Waals surface area contributed by atoms with Crippen molar-refractivity contribution in [2.45, 2.75) is 25.7 Å². The monoisotopic (exact) mass is 224 g/mol. The molecule has 0 amide bonds. The largest absolute Gasteiger partial charge is 0.295 e. The van der Waals surface area contributed by atoms with Gasteiger partial charge in [-0.15, -0.1) is 0 Å².